The van der Waals surface area contributed by atoms with Crippen molar-refractivity contribution in [1.82, 2.24) is 5.32 Å². The highest BCUT2D eigenvalue weighted by Gasteiger charge is 2.11. The molecule has 2 amide bonds. The number of benzene rings is 1. The van der Waals surface area contributed by atoms with Crippen LogP contribution >= 0.6 is 23.2 Å². The molecule has 0 saturated carbocycles. The predicted molar refractivity (Wildman–Crippen MR) is 68.9 cm³/mol. The van der Waals surface area contributed by atoms with E-state index in [9.17, 15) is 14.4 Å². The largest absolute Gasteiger partial charge is 0.454 e. The molecule has 0 spiro atoms. The minimum Gasteiger partial charge on any atom is -0.454 e. The van der Waals surface area contributed by atoms with Crippen LogP contribution in [0, 0.1) is 0 Å². The van der Waals surface area contributed by atoms with Crippen LogP contribution in [0.15, 0.2) is 18.2 Å². The highest BCUT2D eigenvalue weighted by atomic mass is 35.5. The number of amides is 2. The van der Waals surface area contributed by atoms with Gasteiger partial charge in [-0.2, -0.15) is 0 Å². The molecule has 0 saturated heterocycles. The summed E-state index contributed by atoms with van der Waals surface area (Å²) in [5.41, 5.74) is 5.04. The molecule has 0 aliphatic carbocycles. The number of ether oxygens (including phenoxy) is 1. The maximum absolute atomic E-state index is 11.6. The van der Waals surface area contributed by atoms with Gasteiger partial charge in [0, 0.05) is 5.56 Å². The Morgan fingerprint density at radius 3 is 2.47 bits per heavy atom. The zero-order valence-electron chi connectivity index (χ0n) is 9.61. The van der Waals surface area contributed by atoms with Crippen LogP contribution in [0.1, 0.15) is 10.4 Å². The van der Waals surface area contributed by atoms with Crippen LogP contribution in [-0.2, 0) is 14.3 Å². The second-order valence-electron chi connectivity index (χ2n) is 3.44. The number of primary amides is 1. The molecular weight excluding hydrogens is 295 g/mol. The van der Waals surface area contributed by atoms with E-state index in [-0.39, 0.29) is 17.1 Å². The lowest BCUT2D eigenvalue weighted by molar-refractivity contribution is -0.146. The van der Waals surface area contributed by atoms with Gasteiger partial charge in [0.15, 0.2) is 6.61 Å². The third kappa shape index (κ3) is 5.15. The zero-order chi connectivity index (χ0) is 14.4. The number of carbonyl (C=O) groups excluding carboxylic acids is 3. The molecule has 0 bridgehead atoms. The Labute approximate surface area is 118 Å². The van der Waals surface area contributed by atoms with Crippen molar-refractivity contribution >= 4 is 41.0 Å². The van der Waals surface area contributed by atoms with E-state index in [0.29, 0.717) is 5.02 Å². The summed E-state index contributed by atoms with van der Waals surface area (Å²) in [4.78, 5) is 33.1. The minimum absolute atomic E-state index is 0.227. The molecule has 0 atom stereocenters. The van der Waals surface area contributed by atoms with Crippen molar-refractivity contribution < 1.29 is 19.1 Å². The van der Waals surface area contributed by atoms with Crippen molar-refractivity contribution in [2.24, 2.45) is 5.73 Å². The van der Waals surface area contributed by atoms with Gasteiger partial charge in [0.2, 0.25) is 0 Å². The molecule has 6 nitrogen and oxygen atoms in total. The van der Waals surface area contributed by atoms with Crippen LogP contribution in [0.3, 0.4) is 0 Å². The molecule has 0 radical (unpaired) electrons. The summed E-state index contributed by atoms with van der Waals surface area (Å²) in [6.07, 6.45) is 0. The summed E-state index contributed by atoms with van der Waals surface area (Å²) >= 11 is 11.5. The topological polar surface area (TPSA) is 98.5 Å². The van der Waals surface area contributed by atoms with Gasteiger partial charge >= 0.3 is 5.97 Å². The van der Waals surface area contributed by atoms with Gasteiger partial charge in [-0.1, -0.05) is 23.2 Å². The molecule has 1 rings (SSSR count). The summed E-state index contributed by atoms with van der Waals surface area (Å²) in [6.45, 7) is -0.909. The molecule has 8 heteroatoms. The van der Waals surface area contributed by atoms with Crippen molar-refractivity contribution in [3.05, 3.63) is 33.8 Å². The van der Waals surface area contributed by atoms with E-state index in [1.807, 2.05) is 0 Å². The Kier molecular flexibility index (Phi) is 5.59. The van der Waals surface area contributed by atoms with Gasteiger partial charge < -0.3 is 15.8 Å². The van der Waals surface area contributed by atoms with E-state index in [1.165, 1.54) is 18.2 Å². The lowest BCUT2D eigenvalue weighted by Crippen LogP contribution is -2.32. The van der Waals surface area contributed by atoms with Gasteiger partial charge in [-0.15, -0.1) is 0 Å². The van der Waals surface area contributed by atoms with E-state index in [2.05, 4.69) is 10.1 Å². The fourth-order valence-electron chi connectivity index (χ4n) is 1.09. The molecule has 0 aliphatic rings. The lowest BCUT2D eigenvalue weighted by atomic mass is 10.2. The van der Waals surface area contributed by atoms with E-state index in [0.717, 1.165) is 0 Å². The summed E-state index contributed by atoms with van der Waals surface area (Å²) < 4.78 is 4.46. The number of hydrogen-bond acceptors (Lipinski definition) is 4. The van der Waals surface area contributed by atoms with Gasteiger partial charge in [0.1, 0.15) is 6.54 Å². The fraction of sp³-hybridized carbons (Fsp3) is 0.182. The lowest BCUT2D eigenvalue weighted by Gasteiger charge is -2.06. The van der Waals surface area contributed by atoms with Crippen LogP contribution in [0.4, 0.5) is 0 Å². The van der Waals surface area contributed by atoms with Crippen molar-refractivity contribution in [2.75, 3.05) is 13.2 Å². The minimum atomic E-state index is -0.774. The van der Waals surface area contributed by atoms with Crippen LogP contribution in [-0.4, -0.2) is 30.9 Å². The van der Waals surface area contributed by atoms with E-state index < -0.39 is 24.4 Å². The Bertz CT molecular complexity index is 519. The SMILES string of the molecule is NC(=O)COC(=O)CNC(=O)c1ccc(Cl)c(Cl)c1. The number of hydrogen-bond donors (Lipinski definition) is 2. The summed E-state index contributed by atoms with van der Waals surface area (Å²) in [5.74, 6) is -2.06. The Morgan fingerprint density at radius 2 is 1.89 bits per heavy atom. The number of esters is 1. The molecule has 0 heterocycles. The molecule has 1 aromatic rings. The van der Waals surface area contributed by atoms with Gasteiger partial charge in [-0.05, 0) is 18.2 Å². The highest BCUT2D eigenvalue weighted by molar-refractivity contribution is 6.42. The standard InChI is InChI=1S/C11H10Cl2N2O4/c12-7-2-1-6(3-8(7)13)11(18)15-4-10(17)19-5-9(14)16/h1-3H,4-5H2,(H2,14,16)(H,15,18). The first kappa shape index (κ1) is 15.3. The number of halogens is 2. The molecule has 0 fully saturated rings. The molecule has 0 aromatic heterocycles. The zero-order valence-corrected chi connectivity index (χ0v) is 11.1. The molecule has 3 N–H and O–H groups in total. The monoisotopic (exact) mass is 304 g/mol. The average molecular weight is 305 g/mol. The second-order valence-corrected chi connectivity index (χ2v) is 4.25. The van der Waals surface area contributed by atoms with Crippen LogP contribution < -0.4 is 11.1 Å². The Hall–Kier alpha value is -1.79. The number of carbonyl (C=O) groups is 3. The van der Waals surface area contributed by atoms with Crippen LogP contribution in [0.2, 0.25) is 10.0 Å². The number of nitrogens with one attached hydrogen (secondary N) is 1. The first-order valence-electron chi connectivity index (χ1n) is 5.07. The first-order valence-corrected chi connectivity index (χ1v) is 5.83. The molecule has 102 valence electrons. The van der Waals surface area contributed by atoms with Crippen LogP contribution in [0.5, 0.6) is 0 Å². The third-order valence-corrected chi connectivity index (χ3v) is 2.69. The summed E-state index contributed by atoms with van der Waals surface area (Å²) in [6, 6.07) is 4.29. The smallest absolute Gasteiger partial charge is 0.325 e. The van der Waals surface area contributed by atoms with Crippen molar-refractivity contribution in [1.29, 1.82) is 0 Å². The third-order valence-electron chi connectivity index (χ3n) is 1.95. The Morgan fingerprint density at radius 1 is 1.21 bits per heavy atom. The second kappa shape index (κ2) is 6.96. The molecule has 19 heavy (non-hydrogen) atoms. The predicted octanol–water partition coefficient (Wildman–Crippen LogP) is 0.752. The fourth-order valence-corrected chi connectivity index (χ4v) is 1.39. The Balaban J connectivity index is 2.49. The highest BCUT2D eigenvalue weighted by Crippen LogP contribution is 2.22. The van der Waals surface area contributed by atoms with E-state index in [1.54, 1.807) is 0 Å². The summed E-state index contributed by atoms with van der Waals surface area (Å²) in [7, 11) is 0. The van der Waals surface area contributed by atoms with Crippen LogP contribution in [0.25, 0.3) is 0 Å². The maximum atomic E-state index is 11.6. The number of nitrogens with two attached hydrogens (primary N) is 1. The normalized spacial score (nSPS) is 9.79. The average Bonchev–Trinajstić information content (AvgIpc) is 2.36. The molecular formula is C11H10Cl2N2O4. The summed E-state index contributed by atoms with van der Waals surface area (Å²) in [5, 5.41) is 2.85. The van der Waals surface area contributed by atoms with Gasteiger partial charge in [-0.3, -0.25) is 14.4 Å². The van der Waals surface area contributed by atoms with E-state index in [4.69, 9.17) is 28.9 Å². The van der Waals surface area contributed by atoms with Crippen molar-refractivity contribution in [3.8, 4) is 0 Å². The van der Waals surface area contributed by atoms with Gasteiger partial charge in [-0.25, -0.2) is 0 Å². The van der Waals surface area contributed by atoms with Gasteiger partial charge in [0.25, 0.3) is 11.8 Å². The number of rotatable bonds is 5. The van der Waals surface area contributed by atoms with Crippen molar-refractivity contribution in [2.45, 2.75) is 0 Å². The molecule has 1 aromatic carbocycles. The maximum Gasteiger partial charge on any atom is 0.325 e. The van der Waals surface area contributed by atoms with Crippen molar-refractivity contribution in [3.63, 3.8) is 0 Å². The molecule has 0 unspecified atom stereocenters. The first-order chi connectivity index (χ1) is 8.90. The van der Waals surface area contributed by atoms with E-state index >= 15 is 0 Å². The quantitative estimate of drug-likeness (QED) is 0.784. The molecule has 0 aliphatic heterocycles. The van der Waals surface area contributed by atoms with Gasteiger partial charge in [0.05, 0.1) is 10.0 Å².